The van der Waals surface area contributed by atoms with Crippen molar-refractivity contribution in [3.63, 3.8) is 0 Å². The van der Waals surface area contributed by atoms with Crippen molar-refractivity contribution < 1.29 is 14.3 Å². The van der Waals surface area contributed by atoms with Gasteiger partial charge in [-0.25, -0.2) is 4.98 Å². The number of methoxy groups -OCH3 is 1. The maximum atomic E-state index is 11.5. The molecule has 0 unspecified atom stereocenters. The molecule has 2 aromatic rings. The van der Waals surface area contributed by atoms with Crippen LogP contribution < -0.4 is 5.73 Å². The molecule has 142 valence electrons. The second-order valence-electron chi connectivity index (χ2n) is 7.17. The average Bonchev–Trinajstić information content (AvgIpc) is 2.69. The van der Waals surface area contributed by atoms with Gasteiger partial charge in [-0.1, -0.05) is 24.3 Å². The number of rotatable bonds is 5. The largest absolute Gasteiger partial charge is 0.469 e. The van der Waals surface area contributed by atoms with E-state index in [1.54, 1.807) is 13.1 Å². The Labute approximate surface area is 159 Å². The number of hydrogen-bond donors (Lipinski definition) is 1. The number of amides is 1. The molecule has 1 heterocycles. The number of aromatic nitrogens is 2. The van der Waals surface area contributed by atoms with Crippen molar-refractivity contribution in [2.24, 2.45) is 11.7 Å². The monoisotopic (exact) mass is 367 g/mol. The maximum Gasteiger partial charge on any atom is 0.305 e. The SMILES string of the molecule is COC(=O)C[C@H]1CC[C@H](c2ccc(-c3cnc(C)c(C(N)=O)n3)cc2)CC1. The molecule has 3 rings (SSSR count). The number of carbonyl (C=O) groups excluding carboxylic acids is 2. The van der Waals surface area contributed by atoms with E-state index in [1.807, 2.05) is 12.1 Å². The van der Waals surface area contributed by atoms with E-state index in [9.17, 15) is 9.59 Å². The molecule has 1 aliphatic rings. The maximum absolute atomic E-state index is 11.5. The molecule has 0 radical (unpaired) electrons. The van der Waals surface area contributed by atoms with E-state index in [1.165, 1.54) is 12.7 Å². The Hall–Kier alpha value is -2.76. The number of nitrogens with zero attached hydrogens (tertiary/aromatic N) is 2. The lowest BCUT2D eigenvalue weighted by Crippen LogP contribution is -2.17. The fourth-order valence-corrected chi connectivity index (χ4v) is 3.77. The summed E-state index contributed by atoms with van der Waals surface area (Å²) in [7, 11) is 1.44. The highest BCUT2D eigenvalue weighted by molar-refractivity contribution is 5.92. The van der Waals surface area contributed by atoms with Crippen molar-refractivity contribution in [2.75, 3.05) is 7.11 Å². The van der Waals surface area contributed by atoms with Crippen molar-refractivity contribution >= 4 is 11.9 Å². The van der Waals surface area contributed by atoms with E-state index in [2.05, 4.69) is 22.1 Å². The molecule has 0 atom stereocenters. The highest BCUT2D eigenvalue weighted by Gasteiger charge is 2.24. The fraction of sp³-hybridized carbons (Fsp3) is 0.429. The molecule has 6 heteroatoms. The third-order valence-electron chi connectivity index (χ3n) is 5.40. The van der Waals surface area contributed by atoms with Crippen molar-refractivity contribution in [3.05, 3.63) is 47.4 Å². The van der Waals surface area contributed by atoms with Crippen LogP contribution >= 0.6 is 0 Å². The number of carbonyl (C=O) groups is 2. The summed E-state index contributed by atoms with van der Waals surface area (Å²) in [6, 6.07) is 8.26. The minimum Gasteiger partial charge on any atom is -0.469 e. The third-order valence-corrected chi connectivity index (χ3v) is 5.40. The van der Waals surface area contributed by atoms with Gasteiger partial charge in [0.25, 0.3) is 5.91 Å². The van der Waals surface area contributed by atoms with Crippen LogP contribution in [-0.4, -0.2) is 29.0 Å². The van der Waals surface area contributed by atoms with E-state index < -0.39 is 5.91 Å². The van der Waals surface area contributed by atoms with Crippen LogP contribution in [0, 0.1) is 12.8 Å². The first kappa shape index (κ1) is 19.0. The molecule has 2 N–H and O–H groups in total. The van der Waals surface area contributed by atoms with Crippen molar-refractivity contribution in [1.29, 1.82) is 0 Å². The summed E-state index contributed by atoms with van der Waals surface area (Å²) in [5.41, 5.74) is 8.95. The molecule has 0 spiro atoms. The number of hydrogen-bond acceptors (Lipinski definition) is 5. The summed E-state index contributed by atoms with van der Waals surface area (Å²) in [6.07, 6.45) is 6.44. The predicted octanol–water partition coefficient (Wildman–Crippen LogP) is 3.39. The van der Waals surface area contributed by atoms with Crippen LogP contribution in [0.2, 0.25) is 0 Å². The lowest BCUT2D eigenvalue weighted by Gasteiger charge is -2.28. The van der Waals surface area contributed by atoms with Gasteiger partial charge in [0.15, 0.2) is 0 Å². The smallest absolute Gasteiger partial charge is 0.305 e. The van der Waals surface area contributed by atoms with Gasteiger partial charge in [-0.15, -0.1) is 0 Å². The number of nitrogens with two attached hydrogens (primary N) is 1. The van der Waals surface area contributed by atoms with Gasteiger partial charge < -0.3 is 10.5 Å². The molecule has 0 saturated heterocycles. The first-order valence-corrected chi connectivity index (χ1v) is 9.28. The number of primary amides is 1. The summed E-state index contributed by atoms with van der Waals surface area (Å²) >= 11 is 0. The minimum atomic E-state index is -0.567. The standard InChI is InChI=1S/C21H25N3O3/c1-13-20(21(22)26)24-18(12-23-13)17-9-7-16(8-10-17)15-5-3-14(4-6-15)11-19(25)27-2/h7-10,12,14-15H,3-6,11H2,1-2H3,(H2,22,26)/t14-,15-. The molecule has 1 fully saturated rings. The lowest BCUT2D eigenvalue weighted by atomic mass is 9.77. The first-order valence-electron chi connectivity index (χ1n) is 9.28. The van der Waals surface area contributed by atoms with Gasteiger partial charge in [0.05, 0.1) is 24.7 Å². The van der Waals surface area contributed by atoms with E-state index in [-0.39, 0.29) is 11.7 Å². The molecule has 1 aliphatic carbocycles. The van der Waals surface area contributed by atoms with Crippen LogP contribution in [0.3, 0.4) is 0 Å². The van der Waals surface area contributed by atoms with Gasteiger partial charge in [0.2, 0.25) is 0 Å². The minimum absolute atomic E-state index is 0.114. The normalized spacial score (nSPS) is 19.5. The van der Waals surface area contributed by atoms with Crippen LogP contribution in [0.4, 0.5) is 0 Å². The number of benzene rings is 1. The third kappa shape index (κ3) is 4.51. The highest BCUT2D eigenvalue weighted by Crippen LogP contribution is 2.37. The second kappa shape index (κ2) is 8.29. The number of aryl methyl sites for hydroxylation is 1. The van der Waals surface area contributed by atoms with Crippen LogP contribution in [0.15, 0.2) is 30.5 Å². The van der Waals surface area contributed by atoms with E-state index >= 15 is 0 Å². The summed E-state index contributed by atoms with van der Waals surface area (Å²) in [6.45, 7) is 1.72. The summed E-state index contributed by atoms with van der Waals surface area (Å²) in [5, 5.41) is 0. The topological polar surface area (TPSA) is 95.2 Å². The van der Waals surface area contributed by atoms with Crippen molar-refractivity contribution in [3.8, 4) is 11.3 Å². The summed E-state index contributed by atoms with van der Waals surface area (Å²) in [4.78, 5) is 31.5. The zero-order valence-electron chi connectivity index (χ0n) is 15.8. The molecular weight excluding hydrogens is 342 g/mol. The Bertz CT molecular complexity index is 825. The molecule has 1 aromatic heterocycles. The Morgan fingerprint density at radius 3 is 2.41 bits per heavy atom. The van der Waals surface area contributed by atoms with E-state index in [4.69, 9.17) is 10.5 Å². The van der Waals surface area contributed by atoms with Gasteiger partial charge in [0, 0.05) is 12.0 Å². The number of esters is 1. The van der Waals surface area contributed by atoms with Crippen LogP contribution in [0.25, 0.3) is 11.3 Å². The molecule has 1 saturated carbocycles. The molecule has 1 aromatic carbocycles. The molecule has 0 aliphatic heterocycles. The van der Waals surface area contributed by atoms with Gasteiger partial charge in [-0.2, -0.15) is 0 Å². The van der Waals surface area contributed by atoms with Gasteiger partial charge in [0.1, 0.15) is 5.69 Å². The molecular formula is C21H25N3O3. The Kier molecular flexibility index (Phi) is 5.84. The van der Waals surface area contributed by atoms with Gasteiger partial charge in [-0.3, -0.25) is 14.6 Å². The molecule has 1 amide bonds. The average molecular weight is 367 g/mol. The molecule has 6 nitrogen and oxygen atoms in total. The molecule has 0 bridgehead atoms. The second-order valence-corrected chi connectivity index (χ2v) is 7.17. The first-order chi connectivity index (χ1) is 13.0. The van der Waals surface area contributed by atoms with Crippen molar-refractivity contribution in [2.45, 2.75) is 44.9 Å². The highest BCUT2D eigenvalue weighted by atomic mass is 16.5. The Balaban J connectivity index is 1.67. The van der Waals surface area contributed by atoms with E-state index in [0.717, 1.165) is 31.2 Å². The zero-order valence-corrected chi connectivity index (χ0v) is 15.8. The van der Waals surface area contributed by atoms with Crippen LogP contribution in [0.1, 0.15) is 59.8 Å². The molecule has 27 heavy (non-hydrogen) atoms. The quantitative estimate of drug-likeness (QED) is 0.817. The summed E-state index contributed by atoms with van der Waals surface area (Å²) < 4.78 is 4.77. The number of ether oxygens (including phenoxy) is 1. The Morgan fingerprint density at radius 1 is 1.15 bits per heavy atom. The van der Waals surface area contributed by atoms with Crippen LogP contribution in [-0.2, 0) is 9.53 Å². The fourth-order valence-electron chi connectivity index (χ4n) is 3.77. The van der Waals surface area contributed by atoms with Gasteiger partial charge >= 0.3 is 5.97 Å². The summed E-state index contributed by atoms with van der Waals surface area (Å²) in [5.74, 6) is 0.265. The lowest BCUT2D eigenvalue weighted by molar-refractivity contribution is -0.142. The van der Waals surface area contributed by atoms with Crippen molar-refractivity contribution in [1.82, 2.24) is 9.97 Å². The van der Waals surface area contributed by atoms with Gasteiger partial charge in [-0.05, 0) is 50.0 Å². The Morgan fingerprint density at radius 2 is 1.81 bits per heavy atom. The predicted molar refractivity (Wildman–Crippen MR) is 102 cm³/mol. The van der Waals surface area contributed by atoms with Crippen LogP contribution in [0.5, 0.6) is 0 Å². The van der Waals surface area contributed by atoms with E-state index in [0.29, 0.717) is 29.6 Å². The zero-order chi connectivity index (χ0) is 19.4.